The topological polar surface area (TPSA) is 92.1 Å². The molecule has 142 valence electrons. The smallest absolute Gasteiger partial charge is 0.315 e. The molecule has 0 aliphatic heterocycles. The fraction of sp³-hybridized carbons (Fsp3) is 0.316. The molecule has 2 heterocycles. The number of anilines is 1. The summed E-state index contributed by atoms with van der Waals surface area (Å²) in [4.78, 5) is 20.9. The Morgan fingerprint density at radius 1 is 1.19 bits per heavy atom. The van der Waals surface area contributed by atoms with Crippen molar-refractivity contribution >= 4 is 34.4 Å². The molecule has 3 aromatic rings. The first kappa shape index (κ1) is 19.0. The SMILES string of the molecule is CC(C)(C)NC(=O)NCCNc1nc(-c2ccco2)nc2cc(Cl)ccc12. The summed E-state index contributed by atoms with van der Waals surface area (Å²) in [6.07, 6.45) is 1.58. The van der Waals surface area contributed by atoms with Crippen LogP contribution in [0.5, 0.6) is 0 Å². The molecule has 27 heavy (non-hydrogen) atoms. The molecule has 0 saturated carbocycles. The van der Waals surface area contributed by atoms with E-state index >= 15 is 0 Å². The second kappa shape index (κ2) is 7.84. The maximum absolute atomic E-state index is 11.8. The number of fused-ring (bicyclic) bond motifs is 1. The Labute approximate surface area is 162 Å². The Bertz CT molecular complexity index is 935. The van der Waals surface area contributed by atoms with Crippen molar-refractivity contribution in [1.82, 2.24) is 20.6 Å². The second-order valence-electron chi connectivity index (χ2n) is 7.09. The standard InChI is InChI=1S/C19H22ClN5O2/c1-19(2,3)25-18(26)22-9-8-21-16-13-7-6-12(20)11-14(13)23-17(24-16)15-5-4-10-27-15/h4-7,10-11H,8-9H2,1-3H3,(H,21,23,24)(H2,22,25,26). The Kier molecular flexibility index (Phi) is 5.51. The van der Waals surface area contributed by atoms with Gasteiger partial charge in [-0.05, 0) is 51.1 Å². The van der Waals surface area contributed by atoms with Gasteiger partial charge in [0, 0.05) is 29.0 Å². The van der Waals surface area contributed by atoms with Gasteiger partial charge in [0.05, 0.1) is 11.8 Å². The number of nitrogens with zero attached hydrogens (tertiary/aromatic N) is 2. The fourth-order valence-corrected chi connectivity index (χ4v) is 2.66. The monoisotopic (exact) mass is 387 g/mol. The van der Waals surface area contributed by atoms with Gasteiger partial charge >= 0.3 is 6.03 Å². The minimum Gasteiger partial charge on any atom is -0.461 e. The number of benzene rings is 1. The van der Waals surface area contributed by atoms with Gasteiger partial charge in [-0.1, -0.05) is 11.6 Å². The lowest BCUT2D eigenvalue weighted by atomic mass is 10.1. The summed E-state index contributed by atoms with van der Waals surface area (Å²) >= 11 is 6.10. The summed E-state index contributed by atoms with van der Waals surface area (Å²) in [7, 11) is 0. The lowest BCUT2D eigenvalue weighted by molar-refractivity contribution is 0.232. The van der Waals surface area contributed by atoms with Crippen LogP contribution in [0.2, 0.25) is 5.02 Å². The van der Waals surface area contributed by atoms with Crippen molar-refractivity contribution < 1.29 is 9.21 Å². The van der Waals surface area contributed by atoms with Crippen molar-refractivity contribution in [3.63, 3.8) is 0 Å². The number of amides is 2. The third kappa shape index (κ3) is 5.10. The first-order valence-electron chi connectivity index (χ1n) is 8.63. The van der Waals surface area contributed by atoms with E-state index in [9.17, 15) is 4.79 Å². The van der Waals surface area contributed by atoms with E-state index in [0.29, 0.717) is 41.0 Å². The molecule has 1 aromatic carbocycles. The van der Waals surface area contributed by atoms with Crippen molar-refractivity contribution in [3.8, 4) is 11.6 Å². The number of carbonyl (C=O) groups is 1. The van der Waals surface area contributed by atoms with E-state index < -0.39 is 0 Å². The molecular weight excluding hydrogens is 366 g/mol. The van der Waals surface area contributed by atoms with Gasteiger partial charge in [0.1, 0.15) is 5.82 Å². The van der Waals surface area contributed by atoms with Crippen LogP contribution in [0.3, 0.4) is 0 Å². The van der Waals surface area contributed by atoms with Crippen LogP contribution in [0, 0.1) is 0 Å². The van der Waals surface area contributed by atoms with Crippen molar-refractivity contribution in [2.75, 3.05) is 18.4 Å². The Balaban J connectivity index is 1.74. The largest absolute Gasteiger partial charge is 0.461 e. The lowest BCUT2D eigenvalue weighted by Crippen LogP contribution is -2.47. The molecule has 2 amide bonds. The molecule has 0 bridgehead atoms. The van der Waals surface area contributed by atoms with Crippen LogP contribution < -0.4 is 16.0 Å². The number of urea groups is 1. The zero-order valence-corrected chi connectivity index (χ0v) is 16.2. The van der Waals surface area contributed by atoms with E-state index in [4.69, 9.17) is 16.0 Å². The Hall–Kier alpha value is -2.80. The van der Waals surface area contributed by atoms with Crippen LogP contribution in [0.15, 0.2) is 41.0 Å². The van der Waals surface area contributed by atoms with Gasteiger partial charge in [-0.3, -0.25) is 0 Å². The van der Waals surface area contributed by atoms with Gasteiger partial charge in [-0.2, -0.15) is 0 Å². The summed E-state index contributed by atoms with van der Waals surface area (Å²) in [5.41, 5.74) is 0.433. The molecule has 0 spiro atoms. The van der Waals surface area contributed by atoms with Crippen molar-refractivity contribution in [1.29, 1.82) is 0 Å². The molecule has 3 rings (SSSR count). The van der Waals surface area contributed by atoms with Gasteiger partial charge in [0.25, 0.3) is 0 Å². The average molecular weight is 388 g/mol. The van der Waals surface area contributed by atoms with Crippen LogP contribution in [-0.2, 0) is 0 Å². The molecule has 0 atom stereocenters. The van der Waals surface area contributed by atoms with Gasteiger partial charge in [-0.15, -0.1) is 0 Å². The number of hydrogen-bond donors (Lipinski definition) is 3. The van der Waals surface area contributed by atoms with Gasteiger partial charge in [0.2, 0.25) is 0 Å². The fourth-order valence-electron chi connectivity index (χ4n) is 2.50. The van der Waals surface area contributed by atoms with E-state index in [1.54, 1.807) is 30.5 Å². The predicted molar refractivity (Wildman–Crippen MR) is 107 cm³/mol. The van der Waals surface area contributed by atoms with Gasteiger partial charge in [0.15, 0.2) is 11.6 Å². The van der Waals surface area contributed by atoms with E-state index in [1.807, 2.05) is 26.8 Å². The lowest BCUT2D eigenvalue weighted by Gasteiger charge is -2.20. The highest BCUT2D eigenvalue weighted by Gasteiger charge is 2.14. The summed E-state index contributed by atoms with van der Waals surface area (Å²) in [6, 6.07) is 8.82. The maximum atomic E-state index is 11.8. The molecule has 2 aromatic heterocycles. The molecule has 0 unspecified atom stereocenters. The highest BCUT2D eigenvalue weighted by molar-refractivity contribution is 6.31. The van der Waals surface area contributed by atoms with Gasteiger partial charge in [-0.25, -0.2) is 14.8 Å². The molecule has 7 nitrogen and oxygen atoms in total. The normalized spacial score (nSPS) is 11.4. The molecule has 3 N–H and O–H groups in total. The summed E-state index contributed by atoms with van der Waals surface area (Å²) in [6.45, 7) is 6.73. The number of rotatable bonds is 5. The second-order valence-corrected chi connectivity index (χ2v) is 7.53. The summed E-state index contributed by atoms with van der Waals surface area (Å²) < 4.78 is 5.41. The number of halogens is 1. The molecule has 0 aliphatic rings. The first-order chi connectivity index (χ1) is 12.8. The Morgan fingerprint density at radius 2 is 2.00 bits per heavy atom. The van der Waals surface area contributed by atoms with E-state index in [-0.39, 0.29) is 11.6 Å². The first-order valence-corrected chi connectivity index (χ1v) is 9.01. The third-order valence-corrected chi connectivity index (χ3v) is 3.83. The maximum Gasteiger partial charge on any atom is 0.315 e. The molecule has 0 aliphatic carbocycles. The minimum atomic E-state index is -0.280. The highest BCUT2D eigenvalue weighted by atomic mass is 35.5. The summed E-state index contributed by atoms with van der Waals surface area (Å²) in [5.74, 6) is 1.69. The van der Waals surface area contributed by atoms with Crippen molar-refractivity contribution in [3.05, 3.63) is 41.6 Å². The minimum absolute atomic E-state index is 0.208. The van der Waals surface area contributed by atoms with Crippen LogP contribution in [0.4, 0.5) is 10.6 Å². The Morgan fingerprint density at radius 3 is 2.70 bits per heavy atom. The van der Waals surface area contributed by atoms with Crippen LogP contribution >= 0.6 is 11.6 Å². The molecule has 0 radical (unpaired) electrons. The van der Waals surface area contributed by atoms with Crippen LogP contribution in [-0.4, -0.2) is 34.6 Å². The predicted octanol–water partition coefficient (Wildman–Crippen LogP) is 4.05. The average Bonchev–Trinajstić information content (AvgIpc) is 3.11. The van der Waals surface area contributed by atoms with E-state index in [1.165, 1.54) is 0 Å². The number of hydrogen-bond acceptors (Lipinski definition) is 5. The van der Waals surface area contributed by atoms with E-state index in [2.05, 4.69) is 25.9 Å². The zero-order chi connectivity index (χ0) is 19.4. The third-order valence-electron chi connectivity index (χ3n) is 3.59. The van der Waals surface area contributed by atoms with E-state index in [0.717, 1.165) is 5.39 Å². The highest BCUT2D eigenvalue weighted by Crippen LogP contribution is 2.27. The van der Waals surface area contributed by atoms with Crippen LogP contribution in [0.25, 0.3) is 22.5 Å². The molecule has 0 saturated heterocycles. The molecule has 0 fully saturated rings. The summed E-state index contributed by atoms with van der Waals surface area (Å²) in [5, 5.41) is 10.4. The molecule has 8 heteroatoms. The van der Waals surface area contributed by atoms with Crippen molar-refractivity contribution in [2.24, 2.45) is 0 Å². The quantitative estimate of drug-likeness (QED) is 0.574. The van der Waals surface area contributed by atoms with Gasteiger partial charge < -0.3 is 20.4 Å². The number of carbonyl (C=O) groups excluding carboxylic acids is 1. The van der Waals surface area contributed by atoms with Crippen LogP contribution in [0.1, 0.15) is 20.8 Å². The zero-order valence-electron chi connectivity index (χ0n) is 15.5. The molecular formula is C19H22ClN5O2. The number of aromatic nitrogens is 2. The number of furan rings is 1. The number of nitrogens with one attached hydrogen (secondary N) is 3. The van der Waals surface area contributed by atoms with Crippen molar-refractivity contribution in [2.45, 2.75) is 26.3 Å².